The number of nitrogens with one attached hydrogen (secondary N) is 1. The van der Waals surface area contributed by atoms with Crippen LogP contribution in [0.2, 0.25) is 0 Å². The number of esters is 1. The number of nitriles is 1. The summed E-state index contributed by atoms with van der Waals surface area (Å²) >= 11 is 2.10. The average Bonchev–Trinajstić information content (AvgIpc) is 2.63. The molecule has 7 heteroatoms. The second-order valence-corrected chi connectivity index (χ2v) is 6.50. The maximum Gasteiger partial charge on any atom is 0.308 e. The second kappa shape index (κ2) is 9.73. The molecule has 0 heterocycles. The Balaban J connectivity index is 2.29. The van der Waals surface area contributed by atoms with Gasteiger partial charge in [-0.15, -0.1) is 0 Å². The molecule has 0 radical (unpaired) electrons. The Morgan fingerprint density at radius 3 is 2.59 bits per heavy atom. The van der Waals surface area contributed by atoms with Gasteiger partial charge in [0.2, 0.25) is 0 Å². The summed E-state index contributed by atoms with van der Waals surface area (Å²) in [6, 6.07) is 14.0. The molecule has 2 aromatic rings. The van der Waals surface area contributed by atoms with Crippen LogP contribution in [0.15, 0.2) is 48.0 Å². The first-order valence-electron chi connectivity index (χ1n) is 8.07. The zero-order valence-corrected chi connectivity index (χ0v) is 16.9. The van der Waals surface area contributed by atoms with Gasteiger partial charge in [0.1, 0.15) is 11.6 Å². The van der Waals surface area contributed by atoms with Crippen molar-refractivity contribution in [2.45, 2.75) is 13.8 Å². The molecule has 6 nitrogen and oxygen atoms in total. The number of anilines is 1. The fraction of sp³-hybridized carbons (Fsp3) is 0.150. The number of carbonyl (C=O) groups excluding carboxylic acids is 2. The third-order valence-corrected chi connectivity index (χ3v) is 4.26. The van der Waals surface area contributed by atoms with E-state index in [1.54, 1.807) is 37.3 Å². The standard InChI is InChI=1S/C20H17IN2O4/c1-3-26-19-11-14(8-9-18(19)27-13(2)24)10-15(12-22)20(25)23-17-7-5-4-6-16(17)21/h4-11H,3H2,1-2H3,(H,23,25)/b15-10-. The molecule has 2 aromatic carbocycles. The van der Waals surface area contributed by atoms with Gasteiger partial charge in [-0.05, 0) is 65.4 Å². The Labute approximate surface area is 170 Å². The molecule has 27 heavy (non-hydrogen) atoms. The normalized spacial score (nSPS) is 10.7. The molecule has 0 aromatic heterocycles. The van der Waals surface area contributed by atoms with Crippen LogP contribution < -0.4 is 14.8 Å². The van der Waals surface area contributed by atoms with E-state index >= 15 is 0 Å². The van der Waals surface area contributed by atoms with Gasteiger partial charge >= 0.3 is 5.97 Å². The second-order valence-electron chi connectivity index (χ2n) is 5.34. The molecule has 2 rings (SSSR count). The molecule has 0 unspecified atom stereocenters. The van der Waals surface area contributed by atoms with Crippen LogP contribution in [0.1, 0.15) is 19.4 Å². The highest BCUT2D eigenvalue weighted by molar-refractivity contribution is 14.1. The first kappa shape index (κ1) is 20.5. The van der Waals surface area contributed by atoms with Crippen molar-refractivity contribution in [1.29, 1.82) is 5.26 Å². The van der Waals surface area contributed by atoms with Crippen LogP contribution >= 0.6 is 22.6 Å². The Morgan fingerprint density at radius 2 is 1.96 bits per heavy atom. The van der Waals surface area contributed by atoms with E-state index in [2.05, 4.69) is 27.9 Å². The van der Waals surface area contributed by atoms with Crippen LogP contribution in [-0.4, -0.2) is 18.5 Å². The summed E-state index contributed by atoms with van der Waals surface area (Å²) in [4.78, 5) is 23.6. The van der Waals surface area contributed by atoms with Gasteiger partial charge < -0.3 is 14.8 Å². The van der Waals surface area contributed by atoms with E-state index < -0.39 is 11.9 Å². The molecule has 0 aliphatic rings. The fourth-order valence-corrected chi connectivity index (χ4v) is 2.71. The van der Waals surface area contributed by atoms with E-state index in [1.807, 2.05) is 18.2 Å². The molecular formula is C20H17IN2O4. The summed E-state index contributed by atoms with van der Waals surface area (Å²) in [5.41, 5.74) is 1.14. The number of halogens is 1. The quantitative estimate of drug-likeness (QED) is 0.223. The minimum Gasteiger partial charge on any atom is -0.490 e. The highest BCUT2D eigenvalue weighted by Gasteiger charge is 2.13. The highest BCUT2D eigenvalue weighted by atomic mass is 127. The molecule has 0 atom stereocenters. The molecule has 138 valence electrons. The SMILES string of the molecule is CCOc1cc(/C=C(/C#N)C(=O)Nc2ccccc2I)ccc1OC(C)=O. The topological polar surface area (TPSA) is 88.4 Å². The van der Waals surface area contributed by atoms with Crippen molar-refractivity contribution >= 4 is 46.2 Å². The number of ether oxygens (including phenoxy) is 2. The minimum atomic E-state index is -0.511. The first-order valence-corrected chi connectivity index (χ1v) is 9.15. The van der Waals surface area contributed by atoms with Crippen molar-refractivity contribution in [3.63, 3.8) is 0 Å². The van der Waals surface area contributed by atoms with E-state index in [-0.39, 0.29) is 11.3 Å². The highest BCUT2D eigenvalue weighted by Crippen LogP contribution is 2.29. The molecule has 0 bridgehead atoms. The van der Waals surface area contributed by atoms with E-state index in [1.165, 1.54) is 13.0 Å². The maximum absolute atomic E-state index is 12.4. The number of hydrogen-bond donors (Lipinski definition) is 1. The van der Waals surface area contributed by atoms with Crippen molar-refractivity contribution in [2.24, 2.45) is 0 Å². The van der Waals surface area contributed by atoms with Gasteiger partial charge in [-0.1, -0.05) is 18.2 Å². The molecular weight excluding hydrogens is 459 g/mol. The van der Waals surface area contributed by atoms with Gasteiger partial charge in [-0.25, -0.2) is 0 Å². The van der Waals surface area contributed by atoms with Crippen LogP contribution in [0, 0.1) is 14.9 Å². The minimum absolute atomic E-state index is 0.0580. The van der Waals surface area contributed by atoms with Crippen LogP contribution in [0.4, 0.5) is 5.69 Å². The molecule has 1 amide bonds. The van der Waals surface area contributed by atoms with E-state index in [0.717, 1.165) is 3.57 Å². The molecule has 0 aliphatic heterocycles. The van der Waals surface area contributed by atoms with E-state index in [0.29, 0.717) is 23.6 Å². The monoisotopic (exact) mass is 476 g/mol. The fourth-order valence-electron chi connectivity index (χ4n) is 2.19. The summed E-state index contributed by atoms with van der Waals surface area (Å²) in [6.45, 7) is 3.47. The predicted molar refractivity (Wildman–Crippen MR) is 110 cm³/mol. The Kier molecular flexibility index (Phi) is 7.37. The lowest BCUT2D eigenvalue weighted by Gasteiger charge is -2.10. The zero-order chi connectivity index (χ0) is 19.8. The lowest BCUT2D eigenvalue weighted by atomic mass is 10.1. The Morgan fingerprint density at radius 1 is 1.22 bits per heavy atom. The Hall–Kier alpha value is -2.86. The lowest BCUT2D eigenvalue weighted by Crippen LogP contribution is -2.14. The third-order valence-electron chi connectivity index (χ3n) is 3.32. The van der Waals surface area contributed by atoms with Crippen LogP contribution in [0.5, 0.6) is 11.5 Å². The van der Waals surface area contributed by atoms with Gasteiger partial charge in [-0.2, -0.15) is 5.26 Å². The average molecular weight is 476 g/mol. The van der Waals surface area contributed by atoms with Crippen molar-refractivity contribution in [3.8, 4) is 17.6 Å². The van der Waals surface area contributed by atoms with Crippen LogP contribution in [-0.2, 0) is 9.59 Å². The summed E-state index contributed by atoms with van der Waals surface area (Å²) in [5.74, 6) is -0.336. The summed E-state index contributed by atoms with van der Waals surface area (Å²) < 4.78 is 11.4. The van der Waals surface area contributed by atoms with Gasteiger partial charge in [0, 0.05) is 10.5 Å². The number of hydrogen-bond acceptors (Lipinski definition) is 5. The molecule has 0 saturated carbocycles. The first-order chi connectivity index (χ1) is 12.9. The van der Waals surface area contributed by atoms with Gasteiger partial charge in [0.15, 0.2) is 11.5 Å². The number of para-hydroxylation sites is 1. The van der Waals surface area contributed by atoms with E-state index in [9.17, 15) is 14.9 Å². The number of amides is 1. The van der Waals surface area contributed by atoms with Crippen molar-refractivity contribution in [1.82, 2.24) is 0 Å². The number of carbonyl (C=O) groups is 2. The molecule has 0 spiro atoms. The van der Waals surface area contributed by atoms with Crippen LogP contribution in [0.25, 0.3) is 6.08 Å². The Bertz CT molecular complexity index is 932. The largest absolute Gasteiger partial charge is 0.490 e. The molecule has 0 saturated heterocycles. The van der Waals surface area contributed by atoms with Gasteiger partial charge in [0.05, 0.1) is 12.3 Å². The van der Waals surface area contributed by atoms with Crippen LogP contribution in [0.3, 0.4) is 0 Å². The summed E-state index contributed by atoms with van der Waals surface area (Å²) in [7, 11) is 0. The summed E-state index contributed by atoms with van der Waals surface area (Å²) in [5, 5.41) is 12.1. The number of nitrogens with zero attached hydrogens (tertiary/aromatic N) is 1. The van der Waals surface area contributed by atoms with Crippen molar-refractivity contribution in [3.05, 3.63) is 57.2 Å². The van der Waals surface area contributed by atoms with Gasteiger partial charge in [-0.3, -0.25) is 9.59 Å². The zero-order valence-electron chi connectivity index (χ0n) is 14.8. The van der Waals surface area contributed by atoms with E-state index in [4.69, 9.17) is 9.47 Å². The lowest BCUT2D eigenvalue weighted by molar-refractivity contribution is -0.132. The molecule has 1 N–H and O–H groups in total. The van der Waals surface area contributed by atoms with Crippen molar-refractivity contribution < 1.29 is 19.1 Å². The summed E-state index contributed by atoms with van der Waals surface area (Å²) in [6.07, 6.45) is 1.45. The van der Waals surface area contributed by atoms with Gasteiger partial charge in [0.25, 0.3) is 5.91 Å². The smallest absolute Gasteiger partial charge is 0.308 e. The van der Waals surface area contributed by atoms with Crippen molar-refractivity contribution in [2.75, 3.05) is 11.9 Å². The number of benzene rings is 2. The molecule has 0 aliphatic carbocycles. The predicted octanol–water partition coefficient (Wildman–Crippen LogP) is 4.16. The maximum atomic E-state index is 12.4. The molecule has 0 fully saturated rings. The third kappa shape index (κ3) is 5.82. The number of rotatable bonds is 6.